The van der Waals surface area contributed by atoms with Gasteiger partial charge in [0, 0.05) is 31.1 Å². The minimum atomic E-state index is -0.350. The average molecular weight is 516 g/mol. The molecule has 4 rings (SSSR count). The quantitative estimate of drug-likeness (QED) is 0.428. The van der Waals surface area contributed by atoms with Crippen LogP contribution in [-0.4, -0.2) is 45.0 Å². The Morgan fingerprint density at radius 2 is 1.97 bits per heavy atom. The maximum Gasteiger partial charge on any atom is 0.407 e. The summed E-state index contributed by atoms with van der Waals surface area (Å²) in [6, 6.07) is 7.81. The predicted molar refractivity (Wildman–Crippen MR) is 142 cm³/mol. The Balaban J connectivity index is 1.23. The molecule has 1 atom stereocenters. The van der Waals surface area contributed by atoms with Crippen molar-refractivity contribution in [3.63, 3.8) is 0 Å². The molecule has 2 aromatic rings. The molecule has 2 aliphatic rings. The molecule has 0 spiro atoms. The molecule has 1 aromatic heterocycles. The van der Waals surface area contributed by atoms with Crippen LogP contribution >= 0.6 is 11.3 Å². The molecule has 1 aliphatic carbocycles. The van der Waals surface area contributed by atoms with E-state index in [0.717, 1.165) is 67.2 Å². The van der Waals surface area contributed by atoms with E-state index in [1.54, 1.807) is 11.3 Å². The predicted octanol–water partition coefficient (Wildman–Crippen LogP) is 4.56. The van der Waals surface area contributed by atoms with Crippen LogP contribution in [0.3, 0.4) is 0 Å². The highest BCUT2D eigenvalue weighted by atomic mass is 32.1. The molecule has 1 unspecified atom stereocenters. The number of alkyl carbamates (subject to hydrolysis) is 1. The summed E-state index contributed by atoms with van der Waals surface area (Å²) in [4.78, 5) is 26.0. The second kappa shape index (κ2) is 13.0. The Hall–Kier alpha value is -2.78. The van der Waals surface area contributed by atoms with Crippen LogP contribution in [0.4, 0.5) is 15.5 Å². The molecule has 196 valence electrons. The molecule has 8 nitrogen and oxygen atoms in total. The fourth-order valence-electron chi connectivity index (χ4n) is 4.78. The van der Waals surface area contributed by atoms with E-state index < -0.39 is 0 Å². The first kappa shape index (κ1) is 26.3. The molecule has 9 heteroatoms. The Kier molecular flexibility index (Phi) is 9.47. The molecule has 2 amide bonds. The molecule has 1 saturated heterocycles. The largest absolute Gasteiger partial charge is 0.494 e. The summed E-state index contributed by atoms with van der Waals surface area (Å²) in [5.74, 6) is 1.48. The third-order valence-corrected chi connectivity index (χ3v) is 8.07. The third kappa shape index (κ3) is 7.13. The topological polar surface area (TPSA) is 112 Å². The van der Waals surface area contributed by atoms with Crippen LogP contribution in [0.25, 0.3) is 0 Å². The van der Waals surface area contributed by atoms with Gasteiger partial charge in [0.25, 0.3) is 0 Å². The van der Waals surface area contributed by atoms with Crippen LogP contribution in [0, 0.1) is 11.8 Å². The van der Waals surface area contributed by atoms with Gasteiger partial charge in [-0.1, -0.05) is 18.2 Å². The van der Waals surface area contributed by atoms with Crippen molar-refractivity contribution in [1.29, 1.82) is 0 Å². The normalized spacial score (nSPS) is 17.8. The number of aryl methyl sites for hydroxylation is 1. The number of thiophene rings is 1. The molecule has 0 bridgehead atoms. The number of amides is 2. The minimum absolute atomic E-state index is 0.0623. The summed E-state index contributed by atoms with van der Waals surface area (Å²) in [5.41, 5.74) is 9.21. The summed E-state index contributed by atoms with van der Waals surface area (Å²) in [7, 11) is 0. The van der Waals surface area contributed by atoms with Crippen molar-refractivity contribution in [2.45, 2.75) is 51.9 Å². The molecule has 2 heterocycles. The number of ether oxygens (including phenoxy) is 3. The van der Waals surface area contributed by atoms with Crippen molar-refractivity contribution in [2.24, 2.45) is 11.8 Å². The van der Waals surface area contributed by atoms with E-state index in [2.05, 4.69) is 10.6 Å². The molecule has 4 N–H and O–H groups in total. The number of rotatable bonds is 10. The van der Waals surface area contributed by atoms with Crippen LogP contribution in [-0.2, 0) is 33.5 Å². The van der Waals surface area contributed by atoms with Gasteiger partial charge in [-0.2, -0.15) is 0 Å². The zero-order valence-electron chi connectivity index (χ0n) is 21.0. The Morgan fingerprint density at radius 3 is 2.78 bits per heavy atom. The third-order valence-electron chi connectivity index (χ3n) is 6.88. The van der Waals surface area contributed by atoms with Crippen molar-refractivity contribution in [3.8, 4) is 5.75 Å². The number of hydrogen-bond acceptors (Lipinski definition) is 7. The zero-order chi connectivity index (χ0) is 25.3. The highest BCUT2D eigenvalue weighted by molar-refractivity contribution is 7.17. The first-order valence-corrected chi connectivity index (χ1v) is 13.7. The number of para-hydroxylation sites is 1. The van der Waals surface area contributed by atoms with Gasteiger partial charge in [0.2, 0.25) is 5.91 Å². The molecule has 1 aromatic carbocycles. The van der Waals surface area contributed by atoms with Crippen LogP contribution < -0.4 is 21.1 Å². The number of nitrogen functional groups attached to an aromatic ring is 1. The van der Waals surface area contributed by atoms with Gasteiger partial charge in [-0.05, 0) is 74.5 Å². The number of fused-ring (bicyclic) bond motifs is 1. The summed E-state index contributed by atoms with van der Waals surface area (Å²) in [5, 5.41) is 6.62. The number of anilines is 2. The standard InChI is InChI=1S/C27H37N3O5S/c1-2-34-22-6-4-3-5-20(22)8-10-24(31)30-26-25(28)21-9-7-19(15-23(21)36-26)17-35-27(32)29-16-18-11-13-33-14-12-18/h3-6,18-19H,2,7-17,28H2,1H3,(H,29,32)(H,30,31). The minimum Gasteiger partial charge on any atom is -0.494 e. The molecular weight excluding hydrogens is 478 g/mol. The van der Waals surface area contributed by atoms with Crippen molar-refractivity contribution in [3.05, 3.63) is 40.3 Å². The average Bonchev–Trinajstić information content (AvgIpc) is 3.20. The summed E-state index contributed by atoms with van der Waals surface area (Å²) < 4.78 is 16.5. The van der Waals surface area contributed by atoms with E-state index in [4.69, 9.17) is 19.9 Å². The first-order chi connectivity index (χ1) is 17.5. The lowest BCUT2D eigenvalue weighted by Gasteiger charge is -2.23. The van der Waals surface area contributed by atoms with E-state index in [0.29, 0.717) is 44.2 Å². The fraction of sp³-hybridized carbons (Fsp3) is 0.556. The first-order valence-electron chi connectivity index (χ1n) is 12.9. The summed E-state index contributed by atoms with van der Waals surface area (Å²) in [6.45, 7) is 5.09. The van der Waals surface area contributed by atoms with Gasteiger partial charge in [-0.15, -0.1) is 11.3 Å². The van der Waals surface area contributed by atoms with Gasteiger partial charge < -0.3 is 30.6 Å². The maximum absolute atomic E-state index is 12.7. The molecule has 1 fully saturated rings. The van der Waals surface area contributed by atoms with Crippen molar-refractivity contribution < 1.29 is 23.8 Å². The van der Waals surface area contributed by atoms with E-state index in [1.807, 2.05) is 31.2 Å². The van der Waals surface area contributed by atoms with Crippen molar-refractivity contribution >= 4 is 34.0 Å². The van der Waals surface area contributed by atoms with Crippen molar-refractivity contribution in [2.75, 3.05) is 44.0 Å². The second-order valence-electron chi connectivity index (χ2n) is 9.48. The maximum atomic E-state index is 12.7. The molecular formula is C27H37N3O5S. The van der Waals surface area contributed by atoms with Crippen LogP contribution in [0.5, 0.6) is 5.75 Å². The van der Waals surface area contributed by atoms with Crippen LogP contribution in [0.2, 0.25) is 0 Å². The molecule has 0 saturated carbocycles. The number of nitrogens with two attached hydrogens (primary N) is 1. The highest BCUT2D eigenvalue weighted by Crippen LogP contribution is 2.41. The summed E-state index contributed by atoms with van der Waals surface area (Å²) >= 11 is 1.54. The number of carbonyl (C=O) groups excluding carboxylic acids is 2. The number of nitrogens with one attached hydrogen (secondary N) is 2. The van der Waals surface area contributed by atoms with Gasteiger partial charge in [-0.3, -0.25) is 4.79 Å². The Bertz CT molecular complexity index is 1030. The monoisotopic (exact) mass is 515 g/mol. The smallest absolute Gasteiger partial charge is 0.407 e. The van der Waals surface area contributed by atoms with Gasteiger partial charge >= 0.3 is 6.09 Å². The van der Waals surface area contributed by atoms with E-state index in [1.165, 1.54) is 4.88 Å². The SMILES string of the molecule is CCOc1ccccc1CCC(=O)Nc1sc2c(c1N)CCC(COC(=O)NCC1CCOCC1)C2. The zero-order valence-corrected chi connectivity index (χ0v) is 21.8. The van der Waals surface area contributed by atoms with E-state index in [9.17, 15) is 9.59 Å². The van der Waals surface area contributed by atoms with Gasteiger partial charge in [-0.25, -0.2) is 4.79 Å². The number of hydrogen-bond donors (Lipinski definition) is 3. The molecule has 1 aliphatic heterocycles. The van der Waals surface area contributed by atoms with E-state index in [-0.39, 0.29) is 17.9 Å². The lowest BCUT2D eigenvalue weighted by molar-refractivity contribution is -0.116. The number of carbonyl (C=O) groups is 2. The van der Waals surface area contributed by atoms with Gasteiger partial charge in [0.1, 0.15) is 10.8 Å². The van der Waals surface area contributed by atoms with Gasteiger partial charge in [0.05, 0.1) is 18.9 Å². The fourth-order valence-corrected chi connectivity index (χ4v) is 6.08. The van der Waals surface area contributed by atoms with Crippen LogP contribution in [0.1, 0.15) is 48.6 Å². The Morgan fingerprint density at radius 1 is 1.17 bits per heavy atom. The molecule has 0 radical (unpaired) electrons. The lowest BCUT2D eigenvalue weighted by atomic mass is 9.89. The van der Waals surface area contributed by atoms with Crippen LogP contribution in [0.15, 0.2) is 24.3 Å². The summed E-state index contributed by atoms with van der Waals surface area (Å²) in [6.07, 6.45) is 5.09. The van der Waals surface area contributed by atoms with Crippen molar-refractivity contribution in [1.82, 2.24) is 5.32 Å². The van der Waals surface area contributed by atoms with E-state index >= 15 is 0 Å². The Labute approximate surface area is 216 Å². The lowest BCUT2D eigenvalue weighted by Crippen LogP contribution is -2.33. The van der Waals surface area contributed by atoms with Gasteiger partial charge in [0.15, 0.2) is 0 Å². The number of benzene rings is 1. The molecule has 36 heavy (non-hydrogen) atoms. The highest BCUT2D eigenvalue weighted by Gasteiger charge is 2.26. The second-order valence-corrected chi connectivity index (χ2v) is 10.6.